The van der Waals surface area contributed by atoms with Crippen molar-refractivity contribution >= 4 is 11.8 Å². The Bertz CT molecular complexity index is 1290. The largest absolute Gasteiger partial charge is 0.492 e. The van der Waals surface area contributed by atoms with Crippen molar-refractivity contribution in [3.63, 3.8) is 0 Å². The molecular weight excluding hydrogens is 492 g/mol. The molecule has 3 fully saturated rings. The predicted molar refractivity (Wildman–Crippen MR) is 137 cm³/mol. The fraction of sp³-hybridized carbons (Fsp3) is 0.556. The second-order valence-electron chi connectivity index (χ2n) is 10.7. The summed E-state index contributed by atoms with van der Waals surface area (Å²) in [4.78, 5) is 54.3. The molecule has 2 atom stereocenters. The number of likely N-dealkylation sites (tertiary alicyclic amines) is 2. The fourth-order valence-corrected chi connectivity index (χ4v) is 5.84. The molecule has 3 saturated heterocycles. The minimum atomic E-state index is -1.23. The first-order valence-corrected chi connectivity index (χ1v) is 13.1. The Labute approximate surface area is 220 Å². The minimum absolute atomic E-state index is 0.0747. The van der Waals surface area contributed by atoms with Crippen LogP contribution in [0.15, 0.2) is 46.1 Å². The molecule has 1 aromatic heterocycles. The molecule has 0 unspecified atom stereocenters. The fourth-order valence-electron chi connectivity index (χ4n) is 5.84. The first kappa shape index (κ1) is 26.2. The van der Waals surface area contributed by atoms with Gasteiger partial charge in [-0.05, 0) is 50.5 Å². The Balaban J connectivity index is 1.14. The zero-order chi connectivity index (χ0) is 26.9. The highest BCUT2D eigenvalue weighted by Gasteiger charge is 2.50. The molecule has 3 aliphatic heterocycles. The van der Waals surface area contributed by atoms with E-state index in [-0.39, 0.29) is 18.4 Å². The zero-order valence-corrected chi connectivity index (χ0v) is 21.6. The van der Waals surface area contributed by atoms with Crippen molar-refractivity contribution in [1.29, 1.82) is 0 Å². The van der Waals surface area contributed by atoms with Gasteiger partial charge >= 0.3 is 5.69 Å². The lowest BCUT2D eigenvalue weighted by molar-refractivity contribution is -0.195. The first-order chi connectivity index (χ1) is 18.2. The number of H-pyrrole nitrogens is 1. The van der Waals surface area contributed by atoms with Gasteiger partial charge in [0.25, 0.3) is 11.5 Å². The van der Waals surface area contributed by atoms with Gasteiger partial charge in [0.2, 0.25) is 5.91 Å². The topological polar surface area (TPSA) is 134 Å². The molecule has 0 radical (unpaired) electrons. The molecule has 11 nitrogen and oxygen atoms in total. The number of ether oxygens (including phenoxy) is 2. The maximum atomic E-state index is 13.1. The lowest BCUT2D eigenvalue weighted by Gasteiger charge is -2.51. The maximum absolute atomic E-state index is 13.1. The Morgan fingerprint density at radius 2 is 1.87 bits per heavy atom. The number of hydrogen-bond acceptors (Lipinski definition) is 7. The van der Waals surface area contributed by atoms with Crippen molar-refractivity contribution in [3.8, 4) is 5.75 Å². The van der Waals surface area contributed by atoms with Gasteiger partial charge in [-0.25, -0.2) is 4.79 Å². The molecule has 1 spiro atoms. The van der Waals surface area contributed by atoms with Gasteiger partial charge < -0.3 is 24.4 Å². The number of nitrogens with one attached hydrogen (secondary N) is 1. The monoisotopic (exact) mass is 526 g/mol. The molecule has 38 heavy (non-hydrogen) atoms. The van der Waals surface area contributed by atoms with E-state index in [9.17, 15) is 24.3 Å². The molecule has 0 saturated carbocycles. The van der Waals surface area contributed by atoms with Gasteiger partial charge in [0.15, 0.2) is 0 Å². The third-order valence-electron chi connectivity index (χ3n) is 8.00. The number of nitrogens with zero attached hydrogens (tertiary/aromatic N) is 3. The van der Waals surface area contributed by atoms with Crippen LogP contribution >= 0.6 is 0 Å². The van der Waals surface area contributed by atoms with Crippen LogP contribution in [-0.2, 0) is 9.53 Å². The number of hydrogen-bond donors (Lipinski definition) is 2. The Morgan fingerprint density at radius 1 is 1.13 bits per heavy atom. The Kier molecular flexibility index (Phi) is 7.15. The van der Waals surface area contributed by atoms with Crippen LogP contribution in [0.25, 0.3) is 0 Å². The molecule has 3 aliphatic rings. The number of carbonyl (C=O) groups excluding carboxylic acids is 2. The number of aromatic amines is 1. The molecule has 2 aromatic rings. The standard InChI is InChI=1S/C27H34N4O7/c1-26(36)18-27(38-17-21(26)31-12-8-22(32)28-25(31)35)9-13-30(14-10-27)24(34)19-4-6-20(7-5-19)37-16-15-29-11-2-3-23(29)33/h4-8,12,21,36H,2-3,9-11,13-18H2,1H3,(H,28,32,35)/t21-,26-/m0/s1. The Morgan fingerprint density at radius 3 is 2.50 bits per heavy atom. The molecule has 1 aromatic carbocycles. The normalized spacial score (nSPS) is 25.1. The van der Waals surface area contributed by atoms with E-state index in [1.165, 1.54) is 16.8 Å². The lowest BCUT2D eigenvalue weighted by Crippen LogP contribution is -2.59. The van der Waals surface area contributed by atoms with Gasteiger partial charge in [0.1, 0.15) is 12.4 Å². The summed E-state index contributed by atoms with van der Waals surface area (Å²) in [5, 5.41) is 11.3. The summed E-state index contributed by atoms with van der Waals surface area (Å²) in [7, 11) is 0. The molecule has 2 amide bonds. The molecule has 0 bridgehead atoms. The van der Waals surface area contributed by atoms with E-state index < -0.39 is 28.5 Å². The first-order valence-electron chi connectivity index (χ1n) is 13.1. The van der Waals surface area contributed by atoms with E-state index in [1.807, 2.05) is 0 Å². The van der Waals surface area contributed by atoms with Gasteiger partial charge in [0, 0.05) is 50.3 Å². The van der Waals surface area contributed by atoms with Crippen molar-refractivity contribution in [3.05, 3.63) is 62.9 Å². The van der Waals surface area contributed by atoms with Crippen molar-refractivity contribution in [2.45, 2.75) is 56.3 Å². The molecular formula is C27H34N4O7. The second kappa shape index (κ2) is 10.4. The van der Waals surface area contributed by atoms with Crippen molar-refractivity contribution in [2.24, 2.45) is 0 Å². The van der Waals surface area contributed by atoms with E-state index in [0.717, 1.165) is 13.0 Å². The molecule has 204 valence electrons. The van der Waals surface area contributed by atoms with Crippen LogP contribution in [0.1, 0.15) is 55.4 Å². The summed E-state index contributed by atoms with van der Waals surface area (Å²) in [6.45, 7) is 4.54. The summed E-state index contributed by atoms with van der Waals surface area (Å²) in [6, 6.07) is 7.65. The number of aliphatic hydroxyl groups is 1. The summed E-state index contributed by atoms with van der Waals surface area (Å²) in [5.41, 5.74) is -2.33. The lowest BCUT2D eigenvalue weighted by atomic mass is 9.75. The van der Waals surface area contributed by atoms with Crippen molar-refractivity contribution in [2.75, 3.05) is 39.4 Å². The smallest absolute Gasteiger partial charge is 0.328 e. The maximum Gasteiger partial charge on any atom is 0.328 e. The van der Waals surface area contributed by atoms with Crippen molar-refractivity contribution in [1.82, 2.24) is 19.4 Å². The molecule has 4 heterocycles. The van der Waals surface area contributed by atoms with Crippen LogP contribution in [0, 0.1) is 0 Å². The number of amides is 2. The van der Waals surface area contributed by atoms with Gasteiger partial charge in [-0.3, -0.25) is 23.9 Å². The SMILES string of the molecule is C[C@]1(O)CC2(CCN(C(=O)c3ccc(OCCN4CCCC4=O)cc3)CC2)OC[C@@H]1n1ccc(=O)[nH]c1=O. The third kappa shape index (κ3) is 5.39. The van der Waals surface area contributed by atoms with Crippen LogP contribution in [0.5, 0.6) is 5.75 Å². The van der Waals surface area contributed by atoms with Crippen molar-refractivity contribution < 1.29 is 24.2 Å². The van der Waals surface area contributed by atoms with Gasteiger partial charge in [-0.1, -0.05) is 0 Å². The second-order valence-corrected chi connectivity index (χ2v) is 10.7. The van der Waals surface area contributed by atoms with E-state index in [4.69, 9.17) is 9.47 Å². The average molecular weight is 527 g/mol. The Hall–Kier alpha value is -3.44. The third-order valence-corrected chi connectivity index (χ3v) is 8.00. The van der Waals surface area contributed by atoms with Crippen LogP contribution in [0.4, 0.5) is 0 Å². The van der Waals surface area contributed by atoms with E-state index in [2.05, 4.69) is 4.98 Å². The summed E-state index contributed by atoms with van der Waals surface area (Å²) in [6.07, 6.45) is 4.34. The summed E-state index contributed by atoms with van der Waals surface area (Å²) in [5.74, 6) is 0.748. The number of piperidine rings is 1. The van der Waals surface area contributed by atoms with E-state index in [1.54, 1.807) is 41.0 Å². The van der Waals surface area contributed by atoms with E-state index >= 15 is 0 Å². The highest BCUT2D eigenvalue weighted by atomic mass is 16.5. The van der Waals surface area contributed by atoms with Gasteiger partial charge in [-0.15, -0.1) is 0 Å². The quantitative estimate of drug-likeness (QED) is 0.572. The van der Waals surface area contributed by atoms with Gasteiger partial charge in [-0.2, -0.15) is 0 Å². The van der Waals surface area contributed by atoms with Gasteiger partial charge in [0.05, 0.1) is 30.4 Å². The van der Waals surface area contributed by atoms with Crippen LogP contribution in [0.3, 0.4) is 0 Å². The molecule has 11 heteroatoms. The van der Waals surface area contributed by atoms with Crippen LogP contribution < -0.4 is 16.0 Å². The predicted octanol–water partition coefficient (Wildman–Crippen LogP) is 0.925. The number of rotatable bonds is 6. The number of aromatic nitrogens is 2. The number of benzene rings is 1. The van der Waals surface area contributed by atoms with E-state index in [0.29, 0.717) is 63.2 Å². The minimum Gasteiger partial charge on any atom is -0.492 e. The summed E-state index contributed by atoms with van der Waals surface area (Å²) >= 11 is 0. The average Bonchev–Trinajstić information content (AvgIpc) is 3.29. The zero-order valence-electron chi connectivity index (χ0n) is 21.6. The molecule has 0 aliphatic carbocycles. The molecule has 5 rings (SSSR count). The van der Waals surface area contributed by atoms with Crippen LogP contribution in [-0.4, -0.2) is 86.9 Å². The highest BCUT2D eigenvalue weighted by molar-refractivity contribution is 5.94. The molecule has 2 N–H and O–H groups in total. The highest BCUT2D eigenvalue weighted by Crippen LogP contribution is 2.43. The number of carbonyl (C=O) groups is 2. The van der Waals surface area contributed by atoms with Crippen LogP contribution in [0.2, 0.25) is 0 Å². The summed E-state index contributed by atoms with van der Waals surface area (Å²) < 4.78 is 13.3.